The van der Waals surface area contributed by atoms with Gasteiger partial charge in [-0.25, -0.2) is 0 Å². The number of hydrogen-bond acceptors (Lipinski definition) is 2. The standard InChI is InChI=1S/C25H30N2O2/c1-16-11-17(2)24(18(3)12-16)26-25(28)19(4)27(5)15-20-7-8-22-14-23(29-6)10-9-21(22)13-20/h7-14,19H,15H2,1-6H3,(H,26,28)/p+1/t19-/m1/s1. The highest BCUT2D eigenvalue weighted by molar-refractivity contribution is 5.95. The number of amides is 1. The van der Waals surface area contributed by atoms with Crippen molar-refractivity contribution in [2.24, 2.45) is 0 Å². The maximum atomic E-state index is 12.9. The molecule has 0 aromatic heterocycles. The molecule has 0 bridgehead atoms. The van der Waals surface area contributed by atoms with E-state index in [9.17, 15) is 4.79 Å². The molecule has 1 amide bonds. The summed E-state index contributed by atoms with van der Waals surface area (Å²) in [5, 5.41) is 5.48. The number of anilines is 1. The van der Waals surface area contributed by atoms with E-state index in [1.165, 1.54) is 16.5 Å². The molecule has 0 spiro atoms. The summed E-state index contributed by atoms with van der Waals surface area (Å²) in [4.78, 5) is 14.0. The molecule has 0 radical (unpaired) electrons. The van der Waals surface area contributed by atoms with E-state index in [0.717, 1.165) is 39.4 Å². The van der Waals surface area contributed by atoms with Gasteiger partial charge in [0.2, 0.25) is 0 Å². The van der Waals surface area contributed by atoms with Gasteiger partial charge < -0.3 is 15.0 Å². The minimum Gasteiger partial charge on any atom is -0.497 e. The summed E-state index contributed by atoms with van der Waals surface area (Å²) >= 11 is 0. The predicted octanol–water partition coefficient (Wildman–Crippen LogP) is 3.82. The van der Waals surface area contributed by atoms with Gasteiger partial charge in [0.25, 0.3) is 5.91 Å². The molecule has 4 heteroatoms. The van der Waals surface area contributed by atoms with Gasteiger partial charge in [-0.2, -0.15) is 0 Å². The Morgan fingerprint density at radius 2 is 1.62 bits per heavy atom. The third-order valence-corrected chi connectivity index (χ3v) is 5.65. The summed E-state index contributed by atoms with van der Waals surface area (Å²) in [6.07, 6.45) is 0. The molecular weight excluding hydrogens is 360 g/mol. The molecular formula is C25H31N2O2+. The average molecular weight is 392 g/mol. The third-order valence-electron chi connectivity index (χ3n) is 5.65. The summed E-state index contributed by atoms with van der Waals surface area (Å²) in [7, 11) is 3.75. The summed E-state index contributed by atoms with van der Waals surface area (Å²) in [5.41, 5.74) is 5.56. The Balaban J connectivity index is 1.70. The first kappa shape index (κ1) is 20.9. The van der Waals surface area contributed by atoms with Gasteiger partial charge in [0.05, 0.1) is 14.2 Å². The summed E-state index contributed by atoms with van der Waals surface area (Å²) in [6.45, 7) is 8.92. The molecule has 4 nitrogen and oxygen atoms in total. The average Bonchev–Trinajstić information content (AvgIpc) is 2.69. The highest BCUT2D eigenvalue weighted by atomic mass is 16.5. The van der Waals surface area contributed by atoms with Gasteiger partial charge in [0.15, 0.2) is 6.04 Å². The number of carbonyl (C=O) groups is 1. The molecule has 0 aliphatic heterocycles. The lowest BCUT2D eigenvalue weighted by Gasteiger charge is -2.22. The van der Waals surface area contributed by atoms with Crippen molar-refractivity contribution in [2.75, 3.05) is 19.5 Å². The third kappa shape index (κ3) is 4.77. The fourth-order valence-corrected chi connectivity index (χ4v) is 3.82. The maximum absolute atomic E-state index is 12.9. The number of benzene rings is 3. The second kappa shape index (κ2) is 8.66. The van der Waals surface area contributed by atoms with Crippen LogP contribution in [0.2, 0.25) is 0 Å². The smallest absolute Gasteiger partial charge is 0.282 e. The number of rotatable bonds is 6. The zero-order chi connectivity index (χ0) is 21.1. The van der Waals surface area contributed by atoms with Crippen molar-refractivity contribution in [1.82, 2.24) is 0 Å². The van der Waals surface area contributed by atoms with Crippen LogP contribution in [-0.2, 0) is 11.3 Å². The van der Waals surface area contributed by atoms with Gasteiger partial charge in [-0.1, -0.05) is 35.9 Å². The van der Waals surface area contributed by atoms with Crippen LogP contribution >= 0.6 is 0 Å². The number of hydrogen-bond donors (Lipinski definition) is 2. The zero-order valence-corrected chi connectivity index (χ0v) is 18.2. The number of aryl methyl sites for hydroxylation is 3. The molecule has 2 atom stereocenters. The zero-order valence-electron chi connectivity index (χ0n) is 18.2. The van der Waals surface area contributed by atoms with Gasteiger partial charge >= 0.3 is 0 Å². The van der Waals surface area contributed by atoms with Crippen molar-refractivity contribution in [1.29, 1.82) is 0 Å². The van der Waals surface area contributed by atoms with Gasteiger partial charge in [-0.3, -0.25) is 4.79 Å². The number of nitrogens with one attached hydrogen (secondary N) is 2. The topological polar surface area (TPSA) is 42.8 Å². The van der Waals surface area contributed by atoms with Crippen LogP contribution < -0.4 is 15.0 Å². The molecule has 0 fully saturated rings. The molecule has 0 saturated carbocycles. The fraction of sp³-hybridized carbons (Fsp3) is 0.320. The molecule has 0 saturated heterocycles. The van der Waals surface area contributed by atoms with Crippen LogP contribution in [0.1, 0.15) is 29.2 Å². The van der Waals surface area contributed by atoms with Crippen LogP contribution in [0.5, 0.6) is 5.75 Å². The first-order valence-corrected chi connectivity index (χ1v) is 10.1. The highest BCUT2D eigenvalue weighted by Gasteiger charge is 2.23. The molecule has 29 heavy (non-hydrogen) atoms. The summed E-state index contributed by atoms with van der Waals surface area (Å²) in [5.74, 6) is 0.906. The second-order valence-electron chi connectivity index (χ2n) is 8.06. The first-order chi connectivity index (χ1) is 13.8. The van der Waals surface area contributed by atoms with Crippen molar-refractivity contribution in [3.63, 3.8) is 0 Å². The van der Waals surface area contributed by atoms with Gasteiger partial charge in [0, 0.05) is 11.3 Å². The minimum atomic E-state index is -0.165. The normalized spacial score (nSPS) is 13.2. The van der Waals surface area contributed by atoms with Gasteiger partial charge in [-0.05, 0) is 67.8 Å². The van der Waals surface area contributed by atoms with Crippen LogP contribution in [0.3, 0.4) is 0 Å². The number of carbonyl (C=O) groups excluding carboxylic acids is 1. The highest BCUT2D eigenvalue weighted by Crippen LogP contribution is 2.23. The van der Waals surface area contributed by atoms with Crippen molar-refractivity contribution < 1.29 is 14.4 Å². The Hall–Kier alpha value is -2.85. The van der Waals surface area contributed by atoms with Crippen LogP contribution in [0.25, 0.3) is 10.8 Å². The van der Waals surface area contributed by atoms with E-state index in [1.807, 2.05) is 32.9 Å². The number of likely N-dealkylation sites (N-methyl/N-ethyl adjacent to an activating group) is 1. The van der Waals surface area contributed by atoms with Gasteiger partial charge in [0.1, 0.15) is 12.3 Å². The van der Waals surface area contributed by atoms with Crippen LogP contribution in [-0.4, -0.2) is 26.1 Å². The Labute approximate surface area is 173 Å². The molecule has 2 N–H and O–H groups in total. The Morgan fingerprint density at radius 3 is 2.28 bits per heavy atom. The predicted molar refractivity (Wildman–Crippen MR) is 120 cm³/mol. The molecule has 3 rings (SSSR count). The molecule has 3 aromatic carbocycles. The quantitative estimate of drug-likeness (QED) is 0.671. The SMILES string of the molecule is COc1ccc2cc(C[NH+](C)[C@H](C)C(=O)Nc3c(C)cc(C)cc3C)ccc2c1. The van der Waals surface area contributed by atoms with Crippen molar-refractivity contribution >= 4 is 22.4 Å². The first-order valence-electron chi connectivity index (χ1n) is 10.1. The van der Waals surface area contributed by atoms with Crippen molar-refractivity contribution in [3.05, 3.63) is 70.8 Å². The van der Waals surface area contributed by atoms with E-state index in [2.05, 4.69) is 55.7 Å². The fourth-order valence-electron chi connectivity index (χ4n) is 3.82. The molecule has 1 unspecified atom stereocenters. The number of methoxy groups -OCH3 is 1. The Kier molecular flexibility index (Phi) is 6.23. The van der Waals surface area contributed by atoms with E-state index in [1.54, 1.807) is 7.11 Å². The van der Waals surface area contributed by atoms with E-state index in [0.29, 0.717) is 0 Å². The largest absolute Gasteiger partial charge is 0.497 e. The summed E-state index contributed by atoms with van der Waals surface area (Å²) < 4.78 is 5.30. The van der Waals surface area contributed by atoms with E-state index in [-0.39, 0.29) is 11.9 Å². The van der Waals surface area contributed by atoms with Crippen molar-refractivity contribution in [3.8, 4) is 5.75 Å². The van der Waals surface area contributed by atoms with Crippen LogP contribution in [0.15, 0.2) is 48.5 Å². The van der Waals surface area contributed by atoms with E-state index < -0.39 is 0 Å². The Morgan fingerprint density at radius 1 is 1.00 bits per heavy atom. The summed E-state index contributed by atoms with van der Waals surface area (Å²) in [6, 6.07) is 16.6. The molecule has 152 valence electrons. The maximum Gasteiger partial charge on any atom is 0.282 e. The molecule has 0 aliphatic carbocycles. The monoisotopic (exact) mass is 391 g/mol. The lowest BCUT2D eigenvalue weighted by atomic mass is 10.0. The second-order valence-corrected chi connectivity index (χ2v) is 8.06. The molecule has 3 aromatic rings. The molecule has 0 aliphatic rings. The van der Waals surface area contributed by atoms with Gasteiger partial charge in [-0.15, -0.1) is 0 Å². The lowest BCUT2D eigenvalue weighted by Crippen LogP contribution is -3.12. The number of fused-ring (bicyclic) bond motifs is 1. The van der Waals surface area contributed by atoms with E-state index >= 15 is 0 Å². The number of quaternary nitrogens is 1. The van der Waals surface area contributed by atoms with Crippen LogP contribution in [0, 0.1) is 20.8 Å². The minimum absolute atomic E-state index is 0.0445. The Bertz CT molecular complexity index is 1020. The lowest BCUT2D eigenvalue weighted by molar-refractivity contribution is -0.907. The number of ether oxygens (including phenoxy) is 1. The van der Waals surface area contributed by atoms with Crippen molar-refractivity contribution in [2.45, 2.75) is 40.3 Å². The van der Waals surface area contributed by atoms with E-state index in [4.69, 9.17) is 4.74 Å². The molecule has 0 heterocycles. The van der Waals surface area contributed by atoms with Crippen LogP contribution in [0.4, 0.5) is 5.69 Å².